The zero-order chi connectivity index (χ0) is 13.7. The predicted molar refractivity (Wildman–Crippen MR) is 64.1 cm³/mol. The van der Waals surface area contributed by atoms with Gasteiger partial charge in [-0.25, -0.2) is 10.3 Å². The first kappa shape index (κ1) is 14.6. The summed E-state index contributed by atoms with van der Waals surface area (Å²) in [7, 11) is 1.33. The summed E-state index contributed by atoms with van der Waals surface area (Å²) in [5, 5.41) is 8.65. The van der Waals surface area contributed by atoms with Crippen LogP contribution < -0.4 is 10.2 Å². The monoisotopic (exact) mass is 293 g/mol. The van der Waals surface area contributed by atoms with Crippen LogP contribution in [0.4, 0.5) is 0 Å². The Morgan fingerprint density at radius 3 is 2.50 bits per heavy atom. The summed E-state index contributed by atoms with van der Waals surface area (Å²) in [6.07, 6.45) is 0. The number of carbonyl (C=O) groups excluding carboxylic acids is 1. The molecule has 6 nitrogen and oxygen atoms in total. The molecule has 0 saturated carbocycles. The molecular formula is C10H9Cl2NO5. The fourth-order valence-corrected chi connectivity index (χ4v) is 1.63. The maximum Gasteiger partial charge on any atom is 0.332 e. The summed E-state index contributed by atoms with van der Waals surface area (Å²) in [4.78, 5) is 26.4. The van der Waals surface area contributed by atoms with Crippen molar-refractivity contribution in [2.24, 2.45) is 0 Å². The smallest absolute Gasteiger partial charge is 0.332 e. The molecule has 8 heteroatoms. The minimum Gasteiger partial charge on any atom is -0.494 e. The van der Waals surface area contributed by atoms with Crippen molar-refractivity contribution in [2.45, 2.75) is 0 Å². The molecule has 0 aromatic heterocycles. The molecule has 0 bridgehead atoms. The third-order valence-corrected chi connectivity index (χ3v) is 2.46. The van der Waals surface area contributed by atoms with Gasteiger partial charge in [-0.05, 0) is 12.1 Å². The maximum atomic E-state index is 11.7. The highest BCUT2D eigenvalue weighted by atomic mass is 35.5. The lowest BCUT2D eigenvalue weighted by molar-refractivity contribution is -0.144. The average molecular weight is 294 g/mol. The van der Waals surface area contributed by atoms with E-state index in [0.29, 0.717) is 0 Å². The Labute approximate surface area is 112 Å². The molecule has 98 valence electrons. The van der Waals surface area contributed by atoms with Crippen LogP contribution in [0.1, 0.15) is 10.4 Å². The van der Waals surface area contributed by atoms with E-state index in [-0.39, 0.29) is 21.4 Å². The molecule has 0 aliphatic carbocycles. The average Bonchev–Trinajstić information content (AvgIpc) is 2.30. The molecule has 2 N–H and O–H groups in total. The van der Waals surface area contributed by atoms with Gasteiger partial charge >= 0.3 is 5.97 Å². The standard InChI is InChI=1S/C10H9Cl2NO5/c1-17-9-6(12)3-2-5(11)8(9)10(16)13-18-4-7(14)15/h2-3H,4H2,1H3,(H,13,16)(H,14,15). The number of nitrogens with one attached hydrogen (secondary N) is 1. The van der Waals surface area contributed by atoms with Crippen molar-refractivity contribution in [2.75, 3.05) is 13.7 Å². The van der Waals surface area contributed by atoms with Gasteiger partial charge in [0.2, 0.25) is 0 Å². The van der Waals surface area contributed by atoms with E-state index in [9.17, 15) is 9.59 Å². The second-order valence-electron chi connectivity index (χ2n) is 3.05. The van der Waals surface area contributed by atoms with Crippen LogP contribution in [0.5, 0.6) is 5.75 Å². The first-order valence-electron chi connectivity index (χ1n) is 4.63. The molecule has 0 aliphatic heterocycles. The fourth-order valence-electron chi connectivity index (χ4n) is 1.16. The van der Waals surface area contributed by atoms with E-state index in [0.717, 1.165) is 0 Å². The normalized spacial score (nSPS) is 9.94. The number of benzene rings is 1. The lowest BCUT2D eigenvalue weighted by Gasteiger charge is -2.11. The van der Waals surface area contributed by atoms with Gasteiger partial charge in [0.1, 0.15) is 5.56 Å². The molecule has 1 rings (SSSR count). The Hall–Kier alpha value is -1.50. The zero-order valence-electron chi connectivity index (χ0n) is 9.20. The highest BCUT2D eigenvalue weighted by Crippen LogP contribution is 2.33. The second kappa shape index (κ2) is 6.44. The highest BCUT2D eigenvalue weighted by molar-refractivity contribution is 6.37. The summed E-state index contributed by atoms with van der Waals surface area (Å²) < 4.78 is 4.96. The van der Waals surface area contributed by atoms with E-state index < -0.39 is 18.5 Å². The number of halogens is 2. The van der Waals surface area contributed by atoms with E-state index in [2.05, 4.69) is 4.84 Å². The molecule has 18 heavy (non-hydrogen) atoms. The molecule has 1 aromatic rings. The van der Waals surface area contributed by atoms with Crippen LogP contribution in [0.3, 0.4) is 0 Å². The SMILES string of the molecule is COc1c(Cl)ccc(Cl)c1C(=O)NOCC(=O)O. The van der Waals surface area contributed by atoms with Crippen molar-refractivity contribution in [1.29, 1.82) is 0 Å². The van der Waals surface area contributed by atoms with Crippen molar-refractivity contribution in [3.63, 3.8) is 0 Å². The molecule has 0 saturated heterocycles. The number of aliphatic carboxylic acids is 1. The van der Waals surface area contributed by atoms with Gasteiger partial charge in [0, 0.05) is 0 Å². The first-order valence-corrected chi connectivity index (χ1v) is 5.39. The van der Waals surface area contributed by atoms with E-state index in [4.69, 9.17) is 33.0 Å². The van der Waals surface area contributed by atoms with Crippen LogP contribution >= 0.6 is 23.2 Å². The van der Waals surface area contributed by atoms with Crippen LogP contribution in [-0.2, 0) is 9.63 Å². The molecule has 0 atom stereocenters. The van der Waals surface area contributed by atoms with E-state index in [1.165, 1.54) is 19.2 Å². The van der Waals surface area contributed by atoms with E-state index in [1.807, 2.05) is 5.48 Å². The number of methoxy groups -OCH3 is 1. The topological polar surface area (TPSA) is 84.9 Å². The molecule has 1 aromatic carbocycles. The maximum absolute atomic E-state index is 11.7. The summed E-state index contributed by atoms with van der Waals surface area (Å²) in [6, 6.07) is 2.89. The van der Waals surface area contributed by atoms with Gasteiger partial charge in [-0.2, -0.15) is 0 Å². The van der Waals surface area contributed by atoms with Gasteiger partial charge < -0.3 is 9.84 Å². The van der Waals surface area contributed by atoms with Crippen molar-refractivity contribution in [1.82, 2.24) is 5.48 Å². The number of hydrogen-bond donors (Lipinski definition) is 2. The van der Waals surface area contributed by atoms with Crippen molar-refractivity contribution in [3.8, 4) is 5.75 Å². The lowest BCUT2D eigenvalue weighted by atomic mass is 10.2. The summed E-state index contributed by atoms with van der Waals surface area (Å²) in [5.74, 6) is -1.89. The molecule has 0 unspecified atom stereocenters. The number of hydrogen-bond acceptors (Lipinski definition) is 4. The minimum atomic E-state index is -1.22. The number of carboxylic acids is 1. The molecule has 0 aliphatic rings. The predicted octanol–water partition coefficient (Wildman–Crippen LogP) is 1.75. The Bertz CT molecular complexity index is 478. The van der Waals surface area contributed by atoms with E-state index >= 15 is 0 Å². The van der Waals surface area contributed by atoms with Gasteiger partial charge in [-0.1, -0.05) is 23.2 Å². The van der Waals surface area contributed by atoms with Crippen molar-refractivity contribution < 1.29 is 24.3 Å². The van der Waals surface area contributed by atoms with Gasteiger partial charge in [0.15, 0.2) is 12.4 Å². The first-order chi connectivity index (χ1) is 8.47. The van der Waals surface area contributed by atoms with Crippen LogP contribution in [0.2, 0.25) is 10.0 Å². The number of carboxylic acid groups (broad SMARTS) is 1. The number of rotatable bonds is 5. The summed E-state index contributed by atoms with van der Waals surface area (Å²) >= 11 is 11.7. The fraction of sp³-hybridized carbons (Fsp3) is 0.200. The van der Waals surface area contributed by atoms with Crippen molar-refractivity contribution >= 4 is 35.1 Å². The van der Waals surface area contributed by atoms with Crippen LogP contribution in [0.25, 0.3) is 0 Å². The molecule has 0 spiro atoms. The largest absolute Gasteiger partial charge is 0.494 e. The lowest BCUT2D eigenvalue weighted by Crippen LogP contribution is -2.27. The molecule has 1 amide bonds. The van der Waals surface area contributed by atoms with Gasteiger partial charge in [-0.15, -0.1) is 0 Å². The third-order valence-electron chi connectivity index (χ3n) is 1.85. The molecule has 0 fully saturated rings. The van der Waals surface area contributed by atoms with Crippen molar-refractivity contribution in [3.05, 3.63) is 27.7 Å². The Morgan fingerprint density at radius 1 is 1.33 bits per heavy atom. The quantitative estimate of drug-likeness (QED) is 0.808. The number of ether oxygens (including phenoxy) is 1. The highest BCUT2D eigenvalue weighted by Gasteiger charge is 2.19. The zero-order valence-corrected chi connectivity index (χ0v) is 10.7. The number of carbonyl (C=O) groups is 2. The molecule has 0 heterocycles. The summed E-state index contributed by atoms with van der Waals surface area (Å²) in [6.45, 7) is -0.674. The number of hydroxylamine groups is 1. The van der Waals surface area contributed by atoms with Crippen LogP contribution in [0.15, 0.2) is 12.1 Å². The van der Waals surface area contributed by atoms with Gasteiger partial charge in [0.25, 0.3) is 5.91 Å². The number of amides is 1. The van der Waals surface area contributed by atoms with E-state index in [1.54, 1.807) is 0 Å². The molecule has 0 radical (unpaired) electrons. The summed E-state index contributed by atoms with van der Waals surface area (Å²) in [5.41, 5.74) is 1.90. The van der Waals surface area contributed by atoms with Gasteiger partial charge in [0.05, 0.1) is 17.2 Å². The Morgan fingerprint density at radius 2 is 1.94 bits per heavy atom. The Kier molecular flexibility index (Phi) is 5.21. The Balaban J connectivity index is 2.91. The van der Waals surface area contributed by atoms with Crippen LogP contribution in [-0.4, -0.2) is 30.7 Å². The third kappa shape index (κ3) is 3.49. The second-order valence-corrected chi connectivity index (χ2v) is 3.87. The van der Waals surface area contributed by atoms with Crippen LogP contribution in [0, 0.1) is 0 Å². The molecular weight excluding hydrogens is 285 g/mol. The van der Waals surface area contributed by atoms with Gasteiger partial charge in [-0.3, -0.25) is 9.63 Å². The minimum absolute atomic E-state index is 0.0305.